The molecule has 1 saturated carbocycles. The van der Waals surface area contributed by atoms with Crippen molar-refractivity contribution < 1.29 is 0 Å². The second-order valence-corrected chi connectivity index (χ2v) is 5.08. The lowest BCUT2D eigenvalue weighted by atomic mass is 9.80. The quantitative estimate of drug-likeness (QED) is 0.804. The van der Waals surface area contributed by atoms with Gasteiger partial charge < -0.3 is 11.1 Å². The molecule has 0 aromatic carbocycles. The summed E-state index contributed by atoms with van der Waals surface area (Å²) >= 11 is 0. The van der Waals surface area contributed by atoms with Gasteiger partial charge in [0.15, 0.2) is 0 Å². The van der Waals surface area contributed by atoms with Crippen LogP contribution in [0, 0.1) is 11.8 Å². The van der Waals surface area contributed by atoms with E-state index in [-0.39, 0.29) is 0 Å². The summed E-state index contributed by atoms with van der Waals surface area (Å²) in [7, 11) is 0. The molecule has 1 aromatic rings. The minimum atomic E-state index is 0.544. The van der Waals surface area contributed by atoms with E-state index in [0.29, 0.717) is 17.8 Å². The summed E-state index contributed by atoms with van der Waals surface area (Å²) in [5, 5.41) is 3.53. The number of nitrogen functional groups attached to an aromatic ring is 1. The number of anilines is 2. The summed E-state index contributed by atoms with van der Waals surface area (Å²) < 4.78 is 0. The van der Waals surface area contributed by atoms with E-state index in [9.17, 15) is 0 Å². The predicted octanol–water partition coefficient (Wildman–Crippen LogP) is 2.90. The molecule has 3 heteroatoms. The third kappa shape index (κ3) is 2.46. The van der Waals surface area contributed by atoms with Crippen molar-refractivity contribution >= 4 is 11.5 Å². The van der Waals surface area contributed by atoms with Crippen LogP contribution in [0.5, 0.6) is 0 Å². The summed E-state index contributed by atoms with van der Waals surface area (Å²) in [5.74, 6) is 2.18. The van der Waals surface area contributed by atoms with Crippen molar-refractivity contribution in [1.82, 2.24) is 4.98 Å². The Labute approximate surface area is 97.5 Å². The van der Waals surface area contributed by atoms with E-state index >= 15 is 0 Å². The summed E-state index contributed by atoms with van der Waals surface area (Å²) in [6.45, 7) is 4.66. The summed E-state index contributed by atoms with van der Waals surface area (Å²) in [4.78, 5) is 4.10. The van der Waals surface area contributed by atoms with Crippen molar-refractivity contribution in [3.05, 3.63) is 18.3 Å². The Bertz CT molecular complexity index is 351. The number of rotatable bonds is 2. The van der Waals surface area contributed by atoms with Gasteiger partial charge in [0.05, 0.1) is 5.69 Å². The molecule has 0 saturated heterocycles. The maximum Gasteiger partial charge on any atom is 0.146 e. The Morgan fingerprint density at radius 1 is 1.38 bits per heavy atom. The van der Waals surface area contributed by atoms with Gasteiger partial charge in [0, 0.05) is 12.2 Å². The average Bonchev–Trinajstić information content (AvgIpc) is 2.25. The number of pyridine rings is 1. The minimum absolute atomic E-state index is 0.544. The van der Waals surface area contributed by atoms with Gasteiger partial charge in [0.25, 0.3) is 0 Å². The molecule has 1 fully saturated rings. The smallest absolute Gasteiger partial charge is 0.146 e. The largest absolute Gasteiger partial charge is 0.382 e. The zero-order chi connectivity index (χ0) is 11.5. The van der Waals surface area contributed by atoms with E-state index in [4.69, 9.17) is 5.73 Å². The molecular weight excluding hydrogens is 198 g/mol. The summed E-state index contributed by atoms with van der Waals surface area (Å²) in [5.41, 5.74) is 6.82. The monoisotopic (exact) mass is 219 g/mol. The van der Waals surface area contributed by atoms with Crippen molar-refractivity contribution in [3.63, 3.8) is 0 Å². The van der Waals surface area contributed by atoms with Gasteiger partial charge in [-0.15, -0.1) is 0 Å². The first-order valence-electron chi connectivity index (χ1n) is 6.14. The molecule has 0 radical (unpaired) electrons. The Balaban J connectivity index is 2.02. The molecule has 3 atom stereocenters. The standard InChI is InChI=1S/C13H21N3/c1-9-5-6-11(10(2)8-9)16-12-4-3-7-15-13(12)14/h3-4,7,9-11,16H,5-6,8H2,1-2H3,(H2,14,15). The van der Waals surface area contributed by atoms with Crippen LogP contribution in [0.15, 0.2) is 18.3 Å². The van der Waals surface area contributed by atoms with Crippen LogP contribution in [-0.2, 0) is 0 Å². The van der Waals surface area contributed by atoms with Gasteiger partial charge in [-0.1, -0.05) is 13.8 Å². The van der Waals surface area contributed by atoms with Crippen LogP contribution in [0.2, 0.25) is 0 Å². The minimum Gasteiger partial charge on any atom is -0.382 e. The highest BCUT2D eigenvalue weighted by Gasteiger charge is 2.25. The number of hydrogen-bond acceptors (Lipinski definition) is 3. The zero-order valence-corrected chi connectivity index (χ0v) is 10.1. The van der Waals surface area contributed by atoms with Gasteiger partial charge in [-0.2, -0.15) is 0 Å². The fourth-order valence-corrected chi connectivity index (χ4v) is 2.62. The first-order chi connectivity index (χ1) is 7.66. The van der Waals surface area contributed by atoms with Gasteiger partial charge in [-0.3, -0.25) is 0 Å². The molecule has 1 heterocycles. The van der Waals surface area contributed by atoms with Crippen molar-refractivity contribution in [3.8, 4) is 0 Å². The molecule has 0 aliphatic heterocycles. The van der Waals surface area contributed by atoms with Crippen LogP contribution < -0.4 is 11.1 Å². The van der Waals surface area contributed by atoms with Gasteiger partial charge in [0.2, 0.25) is 0 Å². The van der Waals surface area contributed by atoms with Crippen LogP contribution >= 0.6 is 0 Å². The molecule has 1 aliphatic rings. The maximum atomic E-state index is 5.84. The van der Waals surface area contributed by atoms with Gasteiger partial charge >= 0.3 is 0 Å². The Morgan fingerprint density at radius 2 is 2.19 bits per heavy atom. The highest BCUT2D eigenvalue weighted by molar-refractivity contribution is 5.61. The average molecular weight is 219 g/mol. The van der Waals surface area contributed by atoms with Crippen molar-refractivity contribution in [2.45, 2.75) is 39.2 Å². The third-order valence-electron chi connectivity index (χ3n) is 3.61. The molecule has 3 unspecified atom stereocenters. The number of aromatic nitrogens is 1. The molecule has 2 rings (SSSR count). The van der Waals surface area contributed by atoms with Crippen molar-refractivity contribution in [2.24, 2.45) is 11.8 Å². The highest BCUT2D eigenvalue weighted by atomic mass is 15.0. The molecular formula is C13H21N3. The van der Waals surface area contributed by atoms with Crippen LogP contribution in [0.25, 0.3) is 0 Å². The number of nitrogens with zero attached hydrogens (tertiary/aromatic N) is 1. The van der Waals surface area contributed by atoms with Crippen LogP contribution in [0.4, 0.5) is 11.5 Å². The van der Waals surface area contributed by atoms with Crippen molar-refractivity contribution in [2.75, 3.05) is 11.1 Å². The van der Waals surface area contributed by atoms with E-state index in [2.05, 4.69) is 24.1 Å². The summed E-state index contributed by atoms with van der Waals surface area (Å²) in [6.07, 6.45) is 5.57. The zero-order valence-electron chi connectivity index (χ0n) is 10.1. The number of nitrogens with one attached hydrogen (secondary N) is 1. The van der Waals surface area contributed by atoms with Gasteiger partial charge in [-0.25, -0.2) is 4.98 Å². The second-order valence-electron chi connectivity index (χ2n) is 5.08. The van der Waals surface area contributed by atoms with E-state index in [1.807, 2.05) is 12.1 Å². The first-order valence-corrected chi connectivity index (χ1v) is 6.14. The third-order valence-corrected chi connectivity index (χ3v) is 3.61. The molecule has 0 bridgehead atoms. The molecule has 0 amide bonds. The van der Waals surface area contributed by atoms with Crippen LogP contribution in [-0.4, -0.2) is 11.0 Å². The van der Waals surface area contributed by atoms with Crippen LogP contribution in [0.1, 0.15) is 33.1 Å². The molecule has 3 nitrogen and oxygen atoms in total. The highest BCUT2D eigenvalue weighted by Crippen LogP contribution is 2.31. The van der Waals surface area contributed by atoms with Crippen LogP contribution in [0.3, 0.4) is 0 Å². The topological polar surface area (TPSA) is 50.9 Å². The summed E-state index contributed by atoms with van der Waals surface area (Å²) in [6, 6.07) is 4.48. The van der Waals surface area contributed by atoms with Gasteiger partial charge in [0.1, 0.15) is 5.82 Å². The SMILES string of the molecule is CC1CCC(Nc2cccnc2N)C(C)C1. The van der Waals surface area contributed by atoms with Crippen molar-refractivity contribution in [1.29, 1.82) is 0 Å². The fraction of sp³-hybridized carbons (Fsp3) is 0.615. The lowest BCUT2D eigenvalue weighted by Crippen LogP contribution is -2.33. The van der Waals surface area contributed by atoms with Gasteiger partial charge in [-0.05, 0) is 43.2 Å². The molecule has 1 aromatic heterocycles. The Morgan fingerprint density at radius 3 is 2.88 bits per heavy atom. The fourth-order valence-electron chi connectivity index (χ4n) is 2.62. The molecule has 88 valence electrons. The number of hydrogen-bond donors (Lipinski definition) is 2. The normalized spacial score (nSPS) is 30.0. The van der Waals surface area contributed by atoms with E-state index in [1.54, 1.807) is 6.20 Å². The first kappa shape index (κ1) is 11.2. The van der Waals surface area contributed by atoms with E-state index < -0.39 is 0 Å². The van der Waals surface area contributed by atoms with E-state index in [1.165, 1.54) is 19.3 Å². The predicted molar refractivity (Wildman–Crippen MR) is 68.2 cm³/mol. The molecule has 1 aliphatic carbocycles. The molecule has 3 N–H and O–H groups in total. The second kappa shape index (κ2) is 4.73. The molecule has 0 spiro atoms. The molecule has 16 heavy (non-hydrogen) atoms. The maximum absolute atomic E-state index is 5.84. The lowest BCUT2D eigenvalue weighted by molar-refractivity contribution is 0.276. The number of nitrogens with two attached hydrogens (primary N) is 1. The Hall–Kier alpha value is -1.25. The van der Waals surface area contributed by atoms with E-state index in [0.717, 1.165) is 11.6 Å². The Kier molecular flexibility index (Phi) is 3.32. The lowest BCUT2D eigenvalue weighted by Gasteiger charge is -2.33.